The summed E-state index contributed by atoms with van der Waals surface area (Å²) in [5.74, 6) is -1.07. The average molecular weight is 239 g/mol. The molecule has 1 amide bonds. The number of carbonyl (C=O) groups excluding carboxylic acids is 1. The first kappa shape index (κ1) is 12.1. The van der Waals surface area contributed by atoms with Crippen molar-refractivity contribution in [1.29, 1.82) is 0 Å². The zero-order chi connectivity index (χ0) is 12.3. The molecule has 2 atom stereocenters. The Morgan fingerprint density at radius 2 is 2.18 bits per heavy atom. The summed E-state index contributed by atoms with van der Waals surface area (Å²) >= 11 is 0. The highest BCUT2D eigenvalue weighted by atomic mass is 16.5. The number of hydrogen-bond acceptors (Lipinski definition) is 3. The number of carboxylic acids is 1. The van der Waals surface area contributed by atoms with Gasteiger partial charge >= 0.3 is 5.97 Å². The van der Waals surface area contributed by atoms with Crippen LogP contribution in [0.3, 0.4) is 0 Å². The molecule has 2 unspecified atom stereocenters. The van der Waals surface area contributed by atoms with Gasteiger partial charge in [0.2, 0.25) is 5.91 Å². The fraction of sp³-hybridized carbons (Fsp3) is 0.667. The van der Waals surface area contributed by atoms with Crippen LogP contribution in [0, 0.1) is 5.92 Å². The molecule has 1 N–H and O–H groups in total. The molecule has 1 saturated heterocycles. The maximum atomic E-state index is 12.2. The molecule has 0 aromatic rings. The van der Waals surface area contributed by atoms with Gasteiger partial charge < -0.3 is 14.7 Å². The summed E-state index contributed by atoms with van der Waals surface area (Å²) in [6.45, 7) is 0.914. The molecule has 1 aliphatic heterocycles. The highest BCUT2D eigenvalue weighted by Crippen LogP contribution is 2.22. The van der Waals surface area contributed by atoms with E-state index in [1.165, 1.54) is 4.90 Å². The van der Waals surface area contributed by atoms with Crippen molar-refractivity contribution in [1.82, 2.24) is 4.90 Å². The fourth-order valence-electron chi connectivity index (χ4n) is 2.32. The van der Waals surface area contributed by atoms with Gasteiger partial charge in [-0.15, -0.1) is 0 Å². The van der Waals surface area contributed by atoms with Crippen molar-refractivity contribution in [2.75, 3.05) is 19.8 Å². The van der Waals surface area contributed by atoms with Gasteiger partial charge in [-0.05, 0) is 19.3 Å². The quantitative estimate of drug-likeness (QED) is 0.719. The van der Waals surface area contributed by atoms with E-state index in [9.17, 15) is 9.59 Å². The Kier molecular flexibility index (Phi) is 3.78. The Balaban J connectivity index is 2.05. The SMILES string of the molecule is O=C(O)C1COCCN1C(=O)C1CC=CCC1. The van der Waals surface area contributed by atoms with Gasteiger partial charge in [0.25, 0.3) is 0 Å². The Morgan fingerprint density at radius 3 is 2.82 bits per heavy atom. The Hall–Kier alpha value is -1.36. The van der Waals surface area contributed by atoms with Gasteiger partial charge in [0.15, 0.2) is 6.04 Å². The smallest absolute Gasteiger partial charge is 0.328 e. The van der Waals surface area contributed by atoms with Crippen LogP contribution in [0.15, 0.2) is 12.2 Å². The molecule has 0 bridgehead atoms. The maximum absolute atomic E-state index is 12.2. The summed E-state index contributed by atoms with van der Waals surface area (Å²) in [5.41, 5.74) is 0. The number of carbonyl (C=O) groups is 2. The minimum Gasteiger partial charge on any atom is -0.480 e. The van der Waals surface area contributed by atoms with Crippen molar-refractivity contribution in [3.63, 3.8) is 0 Å². The average Bonchev–Trinajstić information content (AvgIpc) is 2.39. The van der Waals surface area contributed by atoms with E-state index < -0.39 is 12.0 Å². The molecule has 1 fully saturated rings. The second kappa shape index (κ2) is 5.31. The fourth-order valence-corrected chi connectivity index (χ4v) is 2.32. The lowest BCUT2D eigenvalue weighted by molar-refractivity contribution is -0.160. The van der Waals surface area contributed by atoms with Gasteiger partial charge in [-0.2, -0.15) is 0 Å². The lowest BCUT2D eigenvalue weighted by atomic mass is 9.92. The molecule has 1 heterocycles. The van der Waals surface area contributed by atoms with Crippen molar-refractivity contribution in [3.05, 3.63) is 12.2 Å². The summed E-state index contributed by atoms with van der Waals surface area (Å²) in [5, 5.41) is 9.07. The number of allylic oxidation sites excluding steroid dienone is 2. The monoisotopic (exact) mass is 239 g/mol. The molecule has 5 nitrogen and oxygen atoms in total. The highest BCUT2D eigenvalue weighted by Gasteiger charge is 2.35. The van der Waals surface area contributed by atoms with E-state index in [0.717, 1.165) is 19.3 Å². The lowest BCUT2D eigenvalue weighted by Gasteiger charge is -2.35. The van der Waals surface area contributed by atoms with Crippen LogP contribution in [0.25, 0.3) is 0 Å². The van der Waals surface area contributed by atoms with E-state index in [1.807, 2.05) is 6.08 Å². The largest absolute Gasteiger partial charge is 0.480 e. The third kappa shape index (κ3) is 2.66. The molecule has 94 valence electrons. The summed E-state index contributed by atoms with van der Waals surface area (Å²) in [4.78, 5) is 24.8. The molecular weight excluding hydrogens is 222 g/mol. The number of hydrogen-bond donors (Lipinski definition) is 1. The minimum atomic E-state index is -0.982. The van der Waals surface area contributed by atoms with E-state index >= 15 is 0 Å². The lowest BCUT2D eigenvalue weighted by Crippen LogP contribution is -2.54. The van der Waals surface area contributed by atoms with Gasteiger partial charge in [0.05, 0.1) is 13.2 Å². The topological polar surface area (TPSA) is 66.8 Å². The first-order valence-electron chi connectivity index (χ1n) is 5.96. The molecule has 0 aromatic heterocycles. The van der Waals surface area contributed by atoms with E-state index in [0.29, 0.717) is 13.2 Å². The van der Waals surface area contributed by atoms with Gasteiger partial charge in [-0.1, -0.05) is 12.2 Å². The number of aliphatic carboxylic acids is 1. The summed E-state index contributed by atoms with van der Waals surface area (Å²) in [6, 6.07) is -0.817. The number of nitrogens with zero attached hydrogens (tertiary/aromatic N) is 1. The van der Waals surface area contributed by atoms with Gasteiger partial charge in [-0.3, -0.25) is 4.79 Å². The van der Waals surface area contributed by atoms with Crippen LogP contribution in [0.2, 0.25) is 0 Å². The number of ether oxygens (including phenoxy) is 1. The highest BCUT2D eigenvalue weighted by molar-refractivity contribution is 5.85. The molecular formula is C12H17NO4. The maximum Gasteiger partial charge on any atom is 0.328 e. The molecule has 0 saturated carbocycles. The van der Waals surface area contributed by atoms with E-state index in [2.05, 4.69) is 6.08 Å². The van der Waals surface area contributed by atoms with Crippen molar-refractivity contribution in [2.24, 2.45) is 5.92 Å². The summed E-state index contributed by atoms with van der Waals surface area (Å²) < 4.78 is 5.12. The molecule has 5 heteroatoms. The van der Waals surface area contributed by atoms with Crippen LogP contribution in [-0.4, -0.2) is 47.7 Å². The second-order valence-corrected chi connectivity index (χ2v) is 4.44. The van der Waals surface area contributed by atoms with Crippen LogP contribution in [0.1, 0.15) is 19.3 Å². The number of morpholine rings is 1. The molecule has 0 aromatic carbocycles. The zero-order valence-corrected chi connectivity index (χ0v) is 9.67. The molecule has 0 spiro atoms. The molecule has 2 aliphatic rings. The third-order valence-electron chi connectivity index (χ3n) is 3.31. The first-order valence-corrected chi connectivity index (χ1v) is 5.96. The van der Waals surface area contributed by atoms with Crippen LogP contribution < -0.4 is 0 Å². The Bertz CT molecular complexity index is 339. The van der Waals surface area contributed by atoms with Crippen molar-refractivity contribution in [3.8, 4) is 0 Å². The normalized spacial score (nSPS) is 29.1. The van der Waals surface area contributed by atoms with E-state index in [4.69, 9.17) is 9.84 Å². The Morgan fingerprint density at radius 1 is 1.35 bits per heavy atom. The van der Waals surface area contributed by atoms with Crippen LogP contribution in [0.5, 0.6) is 0 Å². The van der Waals surface area contributed by atoms with Crippen LogP contribution >= 0.6 is 0 Å². The standard InChI is InChI=1S/C12H17NO4/c14-11(9-4-2-1-3-5-9)13-6-7-17-8-10(13)12(15)16/h1-2,9-10H,3-8H2,(H,15,16). The molecule has 1 aliphatic carbocycles. The molecule has 17 heavy (non-hydrogen) atoms. The number of amides is 1. The number of carboxylic acid groups (broad SMARTS) is 1. The van der Waals surface area contributed by atoms with Gasteiger partial charge in [0.1, 0.15) is 0 Å². The van der Waals surface area contributed by atoms with E-state index in [-0.39, 0.29) is 18.4 Å². The van der Waals surface area contributed by atoms with Crippen LogP contribution in [0.4, 0.5) is 0 Å². The third-order valence-corrected chi connectivity index (χ3v) is 3.31. The first-order chi connectivity index (χ1) is 8.20. The predicted octanol–water partition coefficient (Wildman–Crippen LogP) is 0.655. The van der Waals surface area contributed by atoms with Crippen molar-refractivity contribution in [2.45, 2.75) is 25.3 Å². The molecule has 2 rings (SSSR count). The Labute approximate surface area is 100 Å². The number of rotatable bonds is 2. The molecule has 0 radical (unpaired) electrons. The second-order valence-electron chi connectivity index (χ2n) is 4.44. The van der Waals surface area contributed by atoms with Gasteiger partial charge in [0, 0.05) is 12.5 Å². The van der Waals surface area contributed by atoms with Crippen molar-refractivity contribution >= 4 is 11.9 Å². The van der Waals surface area contributed by atoms with E-state index in [1.54, 1.807) is 0 Å². The zero-order valence-electron chi connectivity index (χ0n) is 9.67. The van der Waals surface area contributed by atoms with Crippen molar-refractivity contribution < 1.29 is 19.4 Å². The summed E-state index contributed by atoms with van der Waals surface area (Å²) in [6.07, 6.45) is 6.51. The minimum absolute atomic E-state index is 0.0370. The predicted molar refractivity (Wildman–Crippen MR) is 60.4 cm³/mol. The van der Waals surface area contributed by atoms with Gasteiger partial charge in [-0.25, -0.2) is 4.79 Å². The van der Waals surface area contributed by atoms with Crippen LogP contribution in [-0.2, 0) is 14.3 Å². The summed E-state index contributed by atoms with van der Waals surface area (Å²) in [7, 11) is 0.